The van der Waals surface area contributed by atoms with Gasteiger partial charge in [0.05, 0.1) is 39.1 Å². The Balaban J connectivity index is 1.19. The zero-order valence-electron chi connectivity index (χ0n) is 29.1. The summed E-state index contributed by atoms with van der Waals surface area (Å²) in [5, 5.41) is 7.18. The molecule has 5 nitrogen and oxygen atoms in total. The van der Waals surface area contributed by atoms with Gasteiger partial charge in [0.1, 0.15) is 5.82 Å². The fraction of sp³-hybridized carbons (Fsp3) is 0. The van der Waals surface area contributed by atoms with Crippen LogP contribution in [0.15, 0.2) is 188 Å². The summed E-state index contributed by atoms with van der Waals surface area (Å²) in [6.45, 7) is 0. The molecule has 0 unspecified atom stereocenters. The lowest BCUT2D eigenvalue weighted by atomic mass is 10.0. The van der Waals surface area contributed by atoms with Crippen LogP contribution in [0.4, 0.5) is 0 Å². The molecule has 0 saturated carbocycles. The van der Waals surface area contributed by atoms with Crippen molar-refractivity contribution in [2.75, 3.05) is 0 Å². The number of pyridine rings is 3. The number of fused-ring (bicyclic) bond motifs is 7. The maximum atomic E-state index is 5.19. The minimum Gasteiger partial charge on any atom is -0.309 e. The number of rotatable bonds is 5. The summed E-state index contributed by atoms with van der Waals surface area (Å²) in [6.07, 6.45) is 5.60. The highest BCUT2D eigenvalue weighted by atomic mass is 15.1. The topological polar surface area (TPSA) is 48.5 Å². The SMILES string of the molecule is c1ccc(-c2cc(-n3c4ccccc4c4cc5cc6c7ccccc7n(-c7cc(-c8cccnc8)ccn7)c6cc5cc43)cc(-c3ccccc3)n2)cc1. The first-order valence-corrected chi connectivity index (χ1v) is 18.2. The lowest BCUT2D eigenvalue weighted by Gasteiger charge is -2.13. The van der Waals surface area contributed by atoms with Crippen LogP contribution < -0.4 is 0 Å². The van der Waals surface area contributed by atoms with E-state index in [2.05, 4.69) is 160 Å². The molecule has 0 aliphatic heterocycles. The van der Waals surface area contributed by atoms with Crippen molar-refractivity contribution in [1.82, 2.24) is 24.1 Å². The van der Waals surface area contributed by atoms with E-state index < -0.39 is 0 Å². The minimum atomic E-state index is 0.871. The minimum absolute atomic E-state index is 0.871. The van der Waals surface area contributed by atoms with Crippen molar-refractivity contribution in [1.29, 1.82) is 0 Å². The molecule has 6 aromatic carbocycles. The van der Waals surface area contributed by atoms with Crippen molar-refractivity contribution in [2.45, 2.75) is 0 Å². The van der Waals surface area contributed by atoms with E-state index in [-0.39, 0.29) is 0 Å². The van der Waals surface area contributed by atoms with E-state index in [1.807, 2.05) is 36.7 Å². The van der Waals surface area contributed by atoms with Gasteiger partial charge in [-0.2, -0.15) is 0 Å². The molecule has 0 amide bonds. The second-order valence-corrected chi connectivity index (χ2v) is 13.8. The Bertz CT molecular complexity index is 3140. The molecule has 0 atom stereocenters. The van der Waals surface area contributed by atoms with Crippen LogP contribution in [0.5, 0.6) is 0 Å². The summed E-state index contributed by atoms with van der Waals surface area (Å²) >= 11 is 0. The molecule has 0 bridgehead atoms. The van der Waals surface area contributed by atoms with E-state index in [0.717, 1.165) is 72.6 Å². The zero-order chi connectivity index (χ0) is 35.6. The van der Waals surface area contributed by atoms with Gasteiger partial charge in [-0.15, -0.1) is 0 Å². The molecule has 5 heteroatoms. The molecule has 252 valence electrons. The average molecular weight is 690 g/mol. The Morgan fingerprint density at radius 2 is 0.926 bits per heavy atom. The number of para-hydroxylation sites is 2. The first-order chi connectivity index (χ1) is 26.8. The number of aromatic nitrogens is 5. The summed E-state index contributed by atoms with van der Waals surface area (Å²) in [4.78, 5) is 14.5. The number of benzene rings is 6. The van der Waals surface area contributed by atoms with Crippen molar-refractivity contribution in [3.05, 3.63) is 188 Å². The van der Waals surface area contributed by atoms with Crippen molar-refractivity contribution in [3.63, 3.8) is 0 Å². The fourth-order valence-electron chi connectivity index (χ4n) is 8.12. The van der Waals surface area contributed by atoms with Crippen LogP contribution in [0.25, 0.3) is 99.5 Å². The van der Waals surface area contributed by atoms with Gasteiger partial charge in [0.25, 0.3) is 0 Å². The second-order valence-electron chi connectivity index (χ2n) is 13.8. The van der Waals surface area contributed by atoms with Gasteiger partial charge in [0, 0.05) is 56.8 Å². The van der Waals surface area contributed by atoms with Crippen molar-refractivity contribution in [2.24, 2.45) is 0 Å². The standard InChI is InChI=1S/C49H31N5/c1-3-12-32(13-4-1)43-29-38(30-44(52-43)33-14-5-2-6-15-33)53-45-19-9-7-17-39(45)41-24-36-25-42-40-18-8-10-20-46(40)54(48(42)27-37(36)26-47(41)53)49-28-34(21-23-51-49)35-16-11-22-50-31-35/h1-31H. The highest BCUT2D eigenvalue weighted by Crippen LogP contribution is 2.40. The predicted molar refractivity (Wildman–Crippen MR) is 222 cm³/mol. The van der Waals surface area contributed by atoms with Crippen LogP contribution in [0.1, 0.15) is 0 Å². The van der Waals surface area contributed by atoms with Crippen molar-refractivity contribution in [3.8, 4) is 45.1 Å². The van der Waals surface area contributed by atoms with Crippen molar-refractivity contribution >= 4 is 54.4 Å². The summed E-state index contributed by atoms with van der Waals surface area (Å²) in [7, 11) is 0. The maximum Gasteiger partial charge on any atom is 0.138 e. The van der Waals surface area contributed by atoms with E-state index in [1.54, 1.807) is 6.20 Å². The normalized spacial score (nSPS) is 11.7. The molecule has 5 aromatic heterocycles. The molecule has 0 fully saturated rings. The van der Waals surface area contributed by atoms with Gasteiger partial charge in [-0.1, -0.05) is 103 Å². The molecule has 0 radical (unpaired) electrons. The van der Waals surface area contributed by atoms with Crippen LogP contribution in [-0.2, 0) is 0 Å². The Morgan fingerprint density at radius 3 is 1.56 bits per heavy atom. The van der Waals surface area contributed by atoms with Crippen LogP contribution in [0.3, 0.4) is 0 Å². The lowest BCUT2D eigenvalue weighted by molar-refractivity contribution is 1.08. The second kappa shape index (κ2) is 12.1. The molecular weight excluding hydrogens is 659 g/mol. The third-order valence-corrected chi connectivity index (χ3v) is 10.6. The molecule has 0 saturated heterocycles. The number of hydrogen-bond acceptors (Lipinski definition) is 3. The zero-order valence-corrected chi connectivity index (χ0v) is 29.1. The molecule has 0 aliphatic rings. The van der Waals surface area contributed by atoms with Crippen molar-refractivity contribution < 1.29 is 0 Å². The van der Waals surface area contributed by atoms with Crippen LogP contribution >= 0.6 is 0 Å². The molecule has 5 heterocycles. The Kier molecular flexibility index (Phi) is 6.79. The monoisotopic (exact) mass is 689 g/mol. The van der Waals surface area contributed by atoms with Gasteiger partial charge < -0.3 is 4.57 Å². The molecule has 0 aliphatic carbocycles. The Hall–Kier alpha value is -7.37. The molecular formula is C49H31N5. The van der Waals surface area contributed by atoms with Crippen LogP contribution in [0, 0.1) is 0 Å². The smallest absolute Gasteiger partial charge is 0.138 e. The third kappa shape index (κ3) is 4.83. The molecule has 11 aromatic rings. The van der Waals surface area contributed by atoms with Gasteiger partial charge in [-0.25, -0.2) is 9.97 Å². The van der Waals surface area contributed by atoms with Gasteiger partial charge in [-0.05, 0) is 83.1 Å². The largest absolute Gasteiger partial charge is 0.309 e. The van der Waals surface area contributed by atoms with E-state index in [1.165, 1.54) is 26.9 Å². The van der Waals surface area contributed by atoms with Gasteiger partial charge in [-0.3, -0.25) is 9.55 Å². The van der Waals surface area contributed by atoms with E-state index in [0.29, 0.717) is 0 Å². The quantitative estimate of drug-likeness (QED) is 0.181. The predicted octanol–water partition coefficient (Wildman–Crippen LogP) is 12.2. The van der Waals surface area contributed by atoms with Gasteiger partial charge in [0.15, 0.2) is 0 Å². The third-order valence-electron chi connectivity index (χ3n) is 10.6. The van der Waals surface area contributed by atoms with E-state index in [4.69, 9.17) is 9.97 Å². The summed E-state index contributed by atoms with van der Waals surface area (Å²) in [5.74, 6) is 0.871. The highest BCUT2D eigenvalue weighted by Gasteiger charge is 2.19. The molecule has 0 spiro atoms. The van der Waals surface area contributed by atoms with E-state index in [9.17, 15) is 0 Å². The number of hydrogen-bond donors (Lipinski definition) is 0. The van der Waals surface area contributed by atoms with E-state index >= 15 is 0 Å². The van der Waals surface area contributed by atoms with Crippen LogP contribution in [-0.4, -0.2) is 24.1 Å². The summed E-state index contributed by atoms with van der Waals surface area (Å²) < 4.78 is 4.70. The number of nitrogens with zero attached hydrogens (tertiary/aromatic N) is 5. The Labute approximate surface area is 311 Å². The first-order valence-electron chi connectivity index (χ1n) is 18.2. The Morgan fingerprint density at radius 1 is 0.370 bits per heavy atom. The maximum absolute atomic E-state index is 5.19. The summed E-state index contributed by atoms with van der Waals surface area (Å²) in [5.41, 5.74) is 11.8. The van der Waals surface area contributed by atoms with Gasteiger partial charge >= 0.3 is 0 Å². The molecule has 0 N–H and O–H groups in total. The van der Waals surface area contributed by atoms with Gasteiger partial charge in [0.2, 0.25) is 0 Å². The first kappa shape index (κ1) is 30.3. The lowest BCUT2D eigenvalue weighted by Crippen LogP contribution is -1.98. The summed E-state index contributed by atoms with van der Waals surface area (Å²) in [6, 6.07) is 60.4. The average Bonchev–Trinajstić information content (AvgIpc) is 3.74. The highest BCUT2D eigenvalue weighted by molar-refractivity contribution is 6.18. The molecule has 11 rings (SSSR count). The molecule has 54 heavy (non-hydrogen) atoms. The fourth-order valence-corrected chi connectivity index (χ4v) is 8.12. The van der Waals surface area contributed by atoms with Crippen LogP contribution in [0.2, 0.25) is 0 Å².